The summed E-state index contributed by atoms with van der Waals surface area (Å²) in [6, 6.07) is -1.10. The van der Waals surface area contributed by atoms with Crippen molar-refractivity contribution in [1.82, 2.24) is 0 Å². The summed E-state index contributed by atoms with van der Waals surface area (Å²) in [6.07, 6.45) is -1.11. The number of methoxy groups -OCH3 is 1. The Morgan fingerprint density at radius 1 is 1.69 bits per heavy atom. The van der Waals surface area contributed by atoms with Crippen LogP contribution in [0, 0.1) is 10.1 Å². The molecule has 0 aromatic carbocycles. The van der Waals surface area contributed by atoms with Gasteiger partial charge < -0.3 is 9.84 Å². The van der Waals surface area contributed by atoms with E-state index in [1.54, 1.807) is 0 Å². The van der Waals surface area contributed by atoms with E-state index in [1.165, 1.54) is 14.0 Å². The average molecular weight is 191 g/mol. The number of carbonyl (C=O) groups is 1. The third-order valence-electron chi connectivity index (χ3n) is 1.70. The molecule has 1 N–H and O–H groups in total. The third-order valence-corrected chi connectivity index (χ3v) is 1.70. The first kappa shape index (κ1) is 11.8. The second kappa shape index (κ2) is 5.47. The van der Waals surface area contributed by atoms with Gasteiger partial charge in [-0.3, -0.25) is 14.9 Å². The topological polar surface area (TPSA) is 89.7 Å². The van der Waals surface area contributed by atoms with Crippen molar-refractivity contribution in [2.45, 2.75) is 31.9 Å². The highest BCUT2D eigenvalue weighted by Crippen LogP contribution is 2.06. The number of nitrogens with zero attached hydrogens (tertiary/aromatic N) is 1. The zero-order valence-corrected chi connectivity index (χ0v) is 7.60. The summed E-state index contributed by atoms with van der Waals surface area (Å²) in [5.41, 5.74) is 0. The molecule has 0 fully saturated rings. The molecule has 0 aromatic rings. The van der Waals surface area contributed by atoms with Crippen molar-refractivity contribution in [3.63, 3.8) is 0 Å². The van der Waals surface area contributed by atoms with Gasteiger partial charge in [-0.1, -0.05) is 0 Å². The molecule has 0 heterocycles. The van der Waals surface area contributed by atoms with Crippen LogP contribution in [0.25, 0.3) is 0 Å². The van der Waals surface area contributed by atoms with Crippen LogP contribution < -0.4 is 0 Å². The maximum Gasteiger partial charge on any atom is 0.305 e. The van der Waals surface area contributed by atoms with Gasteiger partial charge in [-0.2, -0.15) is 0 Å². The lowest BCUT2D eigenvalue weighted by Crippen LogP contribution is -2.32. The minimum Gasteiger partial charge on any atom is -0.469 e. The molecule has 0 saturated heterocycles. The number of rotatable bonds is 5. The maximum atomic E-state index is 10.6. The smallest absolute Gasteiger partial charge is 0.305 e. The molecule has 0 radical (unpaired) electrons. The molecule has 2 unspecified atom stereocenters. The fourth-order valence-electron chi connectivity index (χ4n) is 0.891. The van der Waals surface area contributed by atoms with Gasteiger partial charge in [0.25, 0.3) is 0 Å². The van der Waals surface area contributed by atoms with Gasteiger partial charge >= 0.3 is 5.97 Å². The van der Waals surface area contributed by atoms with E-state index in [-0.39, 0.29) is 12.8 Å². The van der Waals surface area contributed by atoms with E-state index in [9.17, 15) is 14.9 Å². The highest BCUT2D eigenvalue weighted by Gasteiger charge is 2.26. The summed E-state index contributed by atoms with van der Waals surface area (Å²) in [5.74, 6) is -0.507. The fourth-order valence-corrected chi connectivity index (χ4v) is 0.891. The van der Waals surface area contributed by atoms with Crippen LogP contribution in [0.15, 0.2) is 0 Å². The van der Waals surface area contributed by atoms with Gasteiger partial charge in [0.1, 0.15) is 6.10 Å². The lowest BCUT2D eigenvalue weighted by molar-refractivity contribution is -0.534. The molecule has 0 amide bonds. The number of aliphatic hydroxyl groups excluding tert-OH is 1. The third kappa shape index (κ3) is 4.41. The fraction of sp³-hybridized carbons (Fsp3) is 0.857. The van der Waals surface area contributed by atoms with Crippen LogP contribution in [0.3, 0.4) is 0 Å². The van der Waals surface area contributed by atoms with Gasteiger partial charge in [0.2, 0.25) is 6.04 Å². The predicted molar refractivity (Wildman–Crippen MR) is 43.7 cm³/mol. The monoisotopic (exact) mass is 191 g/mol. The molecule has 0 aromatic heterocycles. The molecule has 0 aliphatic rings. The highest BCUT2D eigenvalue weighted by molar-refractivity contribution is 5.69. The Balaban J connectivity index is 3.97. The summed E-state index contributed by atoms with van der Waals surface area (Å²) >= 11 is 0. The molecule has 0 aliphatic carbocycles. The number of esters is 1. The minimum absolute atomic E-state index is 0.00264. The lowest BCUT2D eigenvalue weighted by Gasteiger charge is -2.10. The largest absolute Gasteiger partial charge is 0.469 e. The summed E-state index contributed by atoms with van der Waals surface area (Å²) in [7, 11) is 1.21. The SMILES string of the molecule is COC(=O)CCC(C(C)O)[N+](=O)[O-]. The molecular weight excluding hydrogens is 178 g/mol. The minimum atomic E-state index is -1.10. The van der Waals surface area contributed by atoms with Crippen molar-refractivity contribution in [3.05, 3.63) is 10.1 Å². The molecule has 6 heteroatoms. The van der Waals surface area contributed by atoms with Crippen LogP contribution in [0.2, 0.25) is 0 Å². The Kier molecular flexibility index (Phi) is 4.98. The molecule has 0 spiro atoms. The molecular formula is C7H13NO5. The number of nitro groups is 1. The Bertz CT molecular complexity index is 191. The standard InChI is InChI=1S/C7H13NO5/c1-5(9)6(8(11)12)3-4-7(10)13-2/h5-6,9H,3-4H2,1-2H3. The van der Waals surface area contributed by atoms with E-state index >= 15 is 0 Å². The van der Waals surface area contributed by atoms with Crippen LogP contribution in [0.1, 0.15) is 19.8 Å². The molecule has 0 bridgehead atoms. The van der Waals surface area contributed by atoms with Crippen LogP contribution in [-0.4, -0.2) is 35.3 Å². The molecule has 76 valence electrons. The summed E-state index contributed by atoms with van der Waals surface area (Å²) < 4.78 is 4.32. The number of hydrogen-bond donors (Lipinski definition) is 1. The van der Waals surface area contributed by atoms with E-state index < -0.39 is 23.0 Å². The first-order chi connectivity index (χ1) is 5.99. The van der Waals surface area contributed by atoms with Gasteiger partial charge in [-0.25, -0.2) is 0 Å². The Morgan fingerprint density at radius 3 is 2.54 bits per heavy atom. The van der Waals surface area contributed by atoms with Crippen molar-refractivity contribution < 1.29 is 19.6 Å². The summed E-state index contributed by atoms with van der Waals surface area (Å²) in [6.45, 7) is 1.32. The van der Waals surface area contributed by atoms with E-state index in [4.69, 9.17) is 5.11 Å². The predicted octanol–water partition coefficient (Wildman–Crippen LogP) is -0.0343. The van der Waals surface area contributed by atoms with Crippen molar-refractivity contribution in [2.24, 2.45) is 0 Å². The Morgan fingerprint density at radius 2 is 2.23 bits per heavy atom. The summed E-state index contributed by atoms with van der Waals surface area (Å²) in [4.78, 5) is 20.4. The van der Waals surface area contributed by atoms with Crippen molar-refractivity contribution in [1.29, 1.82) is 0 Å². The Hall–Kier alpha value is -1.17. The van der Waals surface area contributed by atoms with E-state index in [2.05, 4.69) is 4.74 Å². The maximum absolute atomic E-state index is 10.6. The second-order valence-corrected chi connectivity index (χ2v) is 2.71. The van der Waals surface area contributed by atoms with Crippen LogP contribution in [0.4, 0.5) is 0 Å². The van der Waals surface area contributed by atoms with Gasteiger partial charge in [0.05, 0.1) is 13.5 Å². The first-order valence-corrected chi connectivity index (χ1v) is 3.87. The summed E-state index contributed by atoms with van der Waals surface area (Å²) in [5, 5.41) is 19.3. The van der Waals surface area contributed by atoms with E-state index in [1.807, 2.05) is 0 Å². The normalized spacial score (nSPS) is 14.7. The van der Waals surface area contributed by atoms with Crippen LogP contribution in [-0.2, 0) is 9.53 Å². The van der Waals surface area contributed by atoms with Gasteiger partial charge in [0, 0.05) is 11.3 Å². The lowest BCUT2D eigenvalue weighted by atomic mass is 10.1. The number of aliphatic hydroxyl groups is 1. The van der Waals surface area contributed by atoms with Crippen molar-refractivity contribution >= 4 is 5.97 Å². The quantitative estimate of drug-likeness (QED) is 0.374. The molecule has 2 atom stereocenters. The number of ether oxygens (including phenoxy) is 1. The van der Waals surface area contributed by atoms with Crippen LogP contribution in [0.5, 0.6) is 0 Å². The molecule has 6 nitrogen and oxygen atoms in total. The van der Waals surface area contributed by atoms with E-state index in [0.717, 1.165) is 0 Å². The van der Waals surface area contributed by atoms with Crippen LogP contribution >= 0.6 is 0 Å². The second-order valence-electron chi connectivity index (χ2n) is 2.71. The van der Waals surface area contributed by atoms with Gasteiger partial charge in [-0.05, 0) is 6.92 Å². The van der Waals surface area contributed by atoms with Gasteiger partial charge in [0.15, 0.2) is 0 Å². The van der Waals surface area contributed by atoms with Gasteiger partial charge in [-0.15, -0.1) is 0 Å². The van der Waals surface area contributed by atoms with Crippen molar-refractivity contribution in [2.75, 3.05) is 7.11 Å². The Labute approximate surface area is 75.7 Å². The molecule has 13 heavy (non-hydrogen) atoms. The zero-order valence-electron chi connectivity index (χ0n) is 7.60. The van der Waals surface area contributed by atoms with Crippen molar-refractivity contribution in [3.8, 4) is 0 Å². The zero-order chi connectivity index (χ0) is 10.4. The highest BCUT2D eigenvalue weighted by atomic mass is 16.6. The number of carbonyl (C=O) groups excluding carboxylic acids is 1. The molecule has 0 rings (SSSR count). The van der Waals surface area contributed by atoms with E-state index in [0.29, 0.717) is 0 Å². The number of hydrogen-bond acceptors (Lipinski definition) is 5. The first-order valence-electron chi connectivity index (χ1n) is 3.87. The molecule has 0 saturated carbocycles. The molecule has 0 aliphatic heterocycles. The average Bonchev–Trinajstić information content (AvgIpc) is 2.03.